The fourth-order valence-corrected chi connectivity index (χ4v) is 2.46. The average Bonchev–Trinajstić information content (AvgIpc) is 2.42. The first-order chi connectivity index (χ1) is 9.56. The number of aryl methyl sites for hydroxylation is 1. The molecule has 0 bridgehead atoms. The highest BCUT2D eigenvalue weighted by Crippen LogP contribution is 2.26. The summed E-state index contributed by atoms with van der Waals surface area (Å²) in [5, 5.41) is 12.4. The van der Waals surface area contributed by atoms with Crippen LogP contribution in [0.3, 0.4) is 0 Å². The number of halogens is 2. The third kappa shape index (κ3) is 3.97. The lowest BCUT2D eigenvalue weighted by atomic mass is 10.1. The number of phenols is 1. The van der Waals surface area contributed by atoms with Gasteiger partial charge in [0, 0.05) is 10.5 Å². The molecule has 0 amide bonds. The number of phenolic OH excluding ortho intramolecular Hbond substituents is 1. The van der Waals surface area contributed by atoms with E-state index in [0.29, 0.717) is 5.69 Å². The zero-order valence-electron chi connectivity index (χ0n) is 11.2. The van der Waals surface area contributed by atoms with Gasteiger partial charge in [-0.3, -0.25) is 0 Å². The molecule has 0 radical (unpaired) electrons. The minimum Gasteiger partial charge on any atom is -0.508 e. The van der Waals surface area contributed by atoms with Crippen molar-refractivity contribution >= 4 is 21.6 Å². The summed E-state index contributed by atoms with van der Waals surface area (Å²) in [5.74, 6) is 0.0195. The van der Waals surface area contributed by atoms with Gasteiger partial charge in [0.1, 0.15) is 11.6 Å². The second-order valence-corrected chi connectivity index (χ2v) is 5.70. The quantitative estimate of drug-likeness (QED) is 0.826. The lowest BCUT2D eigenvalue weighted by molar-refractivity contribution is 0.475. The van der Waals surface area contributed by atoms with Crippen molar-refractivity contribution in [2.24, 2.45) is 0 Å². The Hall–Kier alpha value is -1.55. The van der Waals surface area contributed by atoms with Crippen LogP contribution in [0.15, 0.2) is 46.9 Å². The summed E-state index contributed by atoms with van der Waals surface area (Å²) in [7, 11) is 0. The molecule has 0 aromatic heterocycles. The largest absolute Gasteiger partial charge is 0.508 e. The van der Waals surface area contributed by atoms with Crippen LogP contribution in [0.4, 0.5) is 10.1 Å². The van der Waals surface area contributed by atoms with E-state index in [9.17, 15) is 9.50 Å². The van der Waals surface area contributed by atoms with Gasteiger partial charge in [0.25, 0.3) is 0 Å². The maximum Gasteiger partial charge on any atom is 0.147 e. The molecule has 20 heavy (non-hydrogen) atoms. The standard InChI is InChI=1S/C16H17BrFNO/c1-11(5-6-12-7-9-13(20)10-8-12)19-16-14(17)3-2-4-15(16)18/h2-4,7-11,19-20H,5-6H2,1H3. The van der Waals surface area contributed by atoms with Crippen molar-refractivity contribution in [1.82, 2.24) is 0 Å². The van der Waals surface area contributed by atoms with Crippen molar-refractivity contribution in [2.75, 3.05) is 5.32 Å². The molecule has 2 aromatic rings. The molecular formula is C16H17BrFNO. The SMILES string of the molecule is CC(CCc1ccc(O)cc1)Nc1c(F)cccc1Br. The van der Waals surface area contributed by atoms with Crippen LogP contribution in [0.25, 0.3) is 0 Å². The molecule has 0 aliphatic rings. The lowest BCUT2D eigenvalue weighted by Crippen LogP contribution is -2.17. The molecule has 2 rings (SSSR count). The van der Waals surface area contributed by atoms with Gasteiger partial charge in [0.05, 0.1) is 5.69 Å². The van der Waals surface area contributed by atoms with Crippen LogP contribution >= 0.6 is 15.9 Å². The summed E-state index contributed by atoms with van der Waals surface area (Å²) in [6.45, 7) is 2.03. The number of rotatable bonds is 5. The maximum absolute atomic E-state index is 13.7. The molecule has 1 atom stereocenters. The Balaban J connectivity index is 1.92. The van der Waals surface area contributed by atoms with Crippen LogP contribution in [0.5, 0.6) is 5.75 Å². The van der Waals surface area contributed by atoms with Gasteiger partial charge >= 0.3 is 0 Å². The van der Waals surface area contributed by atoms with E-state index in [4.69, 9.17) is 0 Å². The van der Waals surface area contributed by atoms with Crippen LogP contribution in [-0.2, 0) is 6.42 Å². The van der Waals surface area contributed by atoms with Crippen molar-refractivity contribution in [3.8, 4) is 5.75 Å². The average molecular weight is 338 g/mol. The van der Waals surface area contributed by atoms with E-state index in [0.717, 1.165) is 22.9 Å². The van der Waals surface area contributed by atoms with Gasteiger partial charge in [-0.1, -0.05) is 18.2 Å². The van der Waals surface area contributed by atoms with Crippen LogP contribution in [0.1, 0.15) is 18.9 Å². The summed E-state index contributed by atoms with van der Waals surface area (Å²) in [6.07, 6.45) is 1.76. The molecule has 0 fully saturated rings. The minimum atomic E-state index is -0.254. The van der Waals surface area contributed by atoms with Gasteiger partial charge in [-0.25, -0.2) is 4.39 Å². The maximum atomic E-state index is 13.7. The number of para-hydroxylation sites is 1. The van der Waals surface area contributed by atoms with Crippen molar-refractivity contribution in [3.05, 3.63) is 58.3 Å². The molecule has 2 aromatic carbocycles. The molecule has 1 unspecified atom stereocenters. The molecule has 2 N–H and O–H groups in total. The first kappa shape index (κ1) is 14.9. The normalized spacial score (nSPS) is 12.2. The van der Waals surface area contributed by atoms with Crippen molar-refractivity contribution < 1.29 is 9.50 Å². The predicted octanol–water partition coefficient (Wildman–Crippen LogP) is 4.73. The molecule has 4 heteroatoms. The zero-order chi connectivity index (χ0) is 14.5. The first-order valence-corrected chi connectivity index (χ1v) is 7.34. The van der Waals surface area contributed by atoms with E-state index in [1.54, 1.807) is 18.2 Å². The van der Waals surface area contributed by atoms with Gasteiger partial charge in [-0.15, -0.1) is 0 Å². The van der Waals surface area contributed by atoms with Crippen molar-refractivity contribution in [3.63, 3.8) is 0 Å². The fourth-order valence-electron chi connectivity index (χ4n) is 2.00. The molecule has 2 nitrogen and oxygen atoms in total. The van der Waals surface area contributed by atoms with E-state index in [-0.39, 0.29) is 17.6 Å². The Kier molecular flexibility index (Phi) is 5.01. The van der Waals surface area contributed by atoms with Crippen LogP contribution in [0, 0.1) is 5.82 Å². The van der Waals surface area contributed by atoms with Crippen LogP contribution < -0.4 is 5.32 Å². The summed E-state index contributed by atoms with van der Waals surface area (Å²) >= 11 is 3.35. The van der Waals surface area contributed by atoms with Crippen molar-refractivity contribution in [1.29, 1.82) is 0 Å². The van der Waals surface area contributed by atoms with E-state index >= 15 is 0 Å². The molecule has 106 valence electrons. The lowest BCUT2D eigenvalue weighted by Gasteiger charge is -2.17. The number of benzene rings is 2. The molecular weight excluding hydrogens is 321 g/mol. The highest BCUT2D eigenvalue weighted by Gasteiger charge is 2.09. The Morgan fingerprint density at radius 3 is 2.55 bits per heavy atom. The van der Waals surface area contributed by atoms with E-state index in [1.807, 2.05) is 25.1 Å². The minimum absolute atomic E-state index is 0.150. The number of hydrogen-bond donors (Lipinski definition) is 2. The number of nitrogens with one attached hydrogen (secondary N) is 1. The van der Waals surface area contributed by atoms with E-state index in [2.05, 4.69) is 21.2 Å². The topological polar surface area (TPSA) is 32.3 Å². The Labute approximate surface area is 126 Å². The number of anilines is 1. The van der Waals surface area contributed by atoms with Crippen LogP contribution in [0.2, 0.25) is 0 Å². The highest BCUT2D eigenvalue weighted by molar-refractivity contribution is 9.10. The molecule has 0 heterocycles. The second kappa shape index (κ2) is 6.75. The first-order valence-electron chi connectivity index (χ1n) is 6.54. The summed E-state index contributed by atoms with van der Waals surface area (Å²) in [5.41, 5.74) is 1.66. The Morgan fingerprint density at radius 2 is 1.90 bits per heavy atom. The smallest absolute Gasteiger partial charge is 0.147 e. The van der Waals surface area contributed by atoms with Gasteiger partial charge in [0.15, 0.2) is 0 Å². The van der Waals surface area contributed by atoms with Gasteiger partial charge in [-0.05, 0) is 65.5 Å². The van der Waals surface area contributed by atoms with Gasteiger partial charge in [-0.2, -0.15) is 0 Å². The van der Waals surface area contributed by atoms with Gasteiger partial charge < -0.3 is 10.4 Å². The van der Waals surface area contributed by atoms with Gasteiger partial charge in [0.2, 0.25) is 0 Å². The molecule has 0 aliphatic carbocycles. The molecule has 0 saturated heterocycles. The molecule has 0 spiro atoms. The molecule has 0 aliphatic heterocycles. The van der Waals surface area contributed by atoms with Crippen LogP contribution in [-0.4, -0.2) is 11.1 Å². The fraction of sp³-hybridized carbons (Fsp3) is 0.250. The predicted molar refractivity (Wildman–Crippen MR) is 83.6 cm³/mol. The highest BCUT2D eigenvalue weighted by atomic mass is 79.9. The summed E-state index contributed by atoms with van der Waals surface area (Å²) in [6, 6.07) is 12.3. The van der Waals surface area contributed by atoms with Crippen molar-refractivity contribution in [2.45, 2.75) is 25.8 Å². The van der Waals surface area contributed by atoms with E-state index < -0.39 is 0 Å². The monoisotopic (exact) mass is 337 g/mol. The number of aromatic hydroxyl groups is 1. The third-order valence-corrected chi connectivity index (χ3v) is 3.82. The summed E-state index contributed by atoms with van der Waals surface area (Å²) < 4.78 is 14.4. The summed E-state index contributed by atoms with van der Waals surface area (Å²) in [4.78, 5) is 0. The Bertz CT molecular complexity index is 551. The second-order valence-electron chi connectivity index (χ2n) is 4.85. The zero-order valence-corrected chi connectivity index (χ0v) is 12.8. The molecule has 0 saturated carbocycles. The Morgan fingerprint density at radius 1 is 1.20 bits per heavy atom. The number of hydrogen-bond acceptors (Lipinski definition) is 2. The third-order valence-electron chi connectivity index (χ3n) is 3.16. The van der Waals surface area contributed by atoms with E-state index in [1.165, 1.54) is 6.07 Å².